The van der Waals surface area contributed by atoms with Crippen molar-refractivity contribution in [2.24, 2.45) is 11.7 Å². The van der Waals surface area contributed by atoms with Crippen LogP contribution in [0, 0.1) is 11.7 Å². The van der Waals surface area contributed by atoms with Crippen LogP contribution in [0.4, 0.5) is 15.8 Å². The lowest BCUT2D eigenvalue weighted by Gasteiger charge is -2.32. The highest BCUT2D eigenvalue weighted by Gasteiger charge is 2.37. The van der Waals surface area contributed by atoms with Crippen molar-refractivity contribution in [2.75, 3.05) is 23.8 Å². The van der Waals surface area contributed by atoms with Crippen LogP contribution in [0.1, 0.15) is 59.0 Å². The summed E-state index contributed by atoms with van der Waals surface area (Å²) in [6.45, 7) is 6.52. The Labute approximate surface area is 218 Å². The third-order valence-electron chi connectivity index (χ3n) is 5.51. The number of nitrogens with one attached hydrogen (secondary N) is 1. The van der Waals surface area contributed by atoms with E-state index in [-0.39, 0.29) is 21.9 Å². The lowest BCUT2D eigenvalue weighted by molar-refractivity contribution is -0.122. The van der Waals surface area contributed by atoms with E-state index in [0.29, 0.717) is 41.9 Å². The van der Waals surface area contributed by atoms with Crippen molar-refractivity contribution < 1.29 is 23.5 Å². The number of carbonyl (C=O) groups is 3. The first-order chi connectivity index (χ1) is 17.6. The van der Waals surface area contributed by atoms with Gasteiger partial charge in [0.25, 0.3) is 11.8 Å². The molecular formula is C26H30FN5O4S. The Balaban J connectivity index is 2.21. The average molecular weight is 528 g/mol. The fourth-order valence-corrected chi connectivity index (χ4v) is 4.42. The van der Waals surface area contributed by atoms with Crippen molar-refractivity contribution in [3.63, 3.8) is 0 Å². The summed E-state index contributed by atoms with van der Waals surface area (Å²) in [5.41, 5.74) is 11.7. The van der Waals surface area contributed by atoms with Gasteiger partial charge in [-0.15, -0.1) is 0 Å². The van der Waals surface area contributed by atoms with Gasteiger partial charge in [-0.1, -0.05) is 38.1 Å². The molecule has 0 saturated heterocycles. The van der Waals surface area contributed by atoms with Gasteiger partial charge in [-0.25, -0.2) is 4.39 Å². The lowest BCUT2D eigenvalue weighted by Crippen LogP contribution is -2.44. The van der Waals surface area contributed by atoms with Gasteiger partial charge < -0.3 is 21.5 Å². The summed E-state index contributed by atoms with van der Waals surface area (Å²) in [5, 5.41) is 2.89. The molecular weight excluding hydrogens is 497 g/mol. The second-order valence-electron chi connectivity index (χ2n) is 8.64. The zero-order valence-electron chi connectivity index (χ0n) is 20.9. The third kappa shape index (κ3) is 6.42. The molecule has 1 atom stereocenters. The number of ether oxygens (including phenoxy) is 1. The maximum absolute atomic E-state index is 14.1. The van der Waals surface area contributed by atoms with Crippen molar-refractivity contribution in [3.8, 4) is 5.75 Å². The fourth-order valence-electron chi connectivity index (χ4n) is 3.68. The van der Waals surface area contributed by atoms with Crippen LogP contribution in [0.2, 0.25) is 0 Å². The molecule has 1 heterocycles. The zero-order valence-corrected chi connectivity index (χ0v) is 21.7. The molecule has 0 bridgehead atoms. The van der Waals surface area contributed by atoms with E-state index in [1.54, 1.807) is 31.2 Å². The van der Waals surface area contributed by atoms with Gasteiger partial charge in [-0.3, -0.25) is 19.3 Å². The SMILES string of the molecule is CCOc1ccccc1N(C(=O)c1snc(C(N)=O)c1N)[C@@H](C(=O)NCCC(C)C)c1ccc(F)cc1. The first-order valence-corrected chi connectivity index (χ1v) is 12.6. The summed E-state index contributed by atoms with van der Waals surface area (Å²) in [6, 6.07) is 10.8. The molecule has 0 radical (unpaired) electrons. The van der Waals surface area contributed by atoms with E-state index in [2.05, 4.69) is 9.69 Å². The standard InChI is InChI=1S/C26H30FN5O4S/c1-4-36-19-8-6-5-7-18(19)32(26(35)23-20(28)21(24(29)33)31-37-23)22(16-9-11-17(27)12-10-16)25(34)30-14-13-15(2)3/h5-12,15,22H,4,13-14,28H2,1-3H3,(H2,29,33)(H,30,34)/t22-/m1/s1. The van der Waals surface area contributed by atoms with Crippen molar-refractivity contribution in [2.45, 2.75) is 33.2 Å². The number of primary amides is 1. The predicted octanol–water partition coefficient (Wildman–Crippen LogP) is 3.91. The number of benzene rings is 2. The molecule has 2 aromatic carbocycles. The fraction of sp³-hybridized carbons (Fsp3) is 0.308. The highest BCUT2D eigenvalue weighted by atomic mass is 32.1. The minimum atomic E-state index is -1.22. The molecule has 196 valence electrons. The topological polar surface area (TPSA) is 141 Å². The second-order valence-corrected chi connectivity index (χ2v) is 9.42. The molecule has 3 aromatic rings. The van der Waals surface area contributed by atoms with Crippen LogP contribution < -0.4 is 26.4 Å². The van der Waals surface area contributed by atoms with Gasteiger partial charge in [-0.05, 0) is 60.6 Å². The first kappa shape index (κ1) is 27.6. The van der Waals surface area contributed by atoms with E-state index in [1.807, 2.05) is 13.8 Å². The summed E-state index contributed by atoms with van der Waals surface area (Å²) in [6.07, 6.45) is 0.717. The van der Waals surface area contributed by atoms with E-state index in [9.17, 15) is 18.8 Å². The van der Waals surface area contributed by atoms with Crippen LogP contribution >= 0.6 is 11.5 Å². The molecule has 0 unspecified atom stereocenters. The molecule has 0 aliphatic rings. The molecule has 1 aromatic heterocycles. The Bertz CT molecular complexity index is 1260. The van der Waals surface area contributed by atoms with Crippen molar-refractivity contribution in [1.29, 1.82) is 0 Å². The van der Waals surface area contributed by atoms with Crippen LogP contribution in [0.3, 0.4) is 0 Å². The van der Waals surface area contributed by atoms with E-state index in [4.69, 9.17) is 16.2 Å². The molecule has 0 saturated carbocycles. The largest absolute Gasteiger partial charge is 0.492 e. The molecule has 5 N–H and O–H groups in total. The molecule has 3 amide bonds. The summed E-state index contributed by atoms with van der Waals surface area (Å²) in [7, 11) is 0. The molecule has 0 aliphatic carbocycles. The summed E-state index contributed by atoms with van der Waals surface area (Å²) in [5.74, 6) is -1.86. The number of aromatic nitrogens is 1. The van der Waals surface area contributed by atoms with Gasteiger partial charge in [0.05, 0.1) is 18.0 Å². The maximum atomic E-state index is 14.1. The van der Waals surface area contributed by atoms with Crippen molar-refractivity contribution in [3.05, 3.63) is 70.5 Å². The minimum Gasteiger partial charge on any atom is -0.492 e. The highest BCUT2D eigenvalue weighted by Crippen LogP contribution is 2.38. The van der Waals surface area contributed by atoms with Gasteiger partial charge in [0.1, 0.15) is 22.5 Å². The predicted molar refractivity (Wildman–Crippen MR) is 141 cm³/mol. The number of carbonyl (C=O) groups excluding carboxylic acids is 3. The Hall–Kier alpha value is -3.99. The molecule has 37 heavy (non-hydrogen) atoms. The number of amides is 3. The molecule has 3 rings (SSSR count). The molecule has 0 fully saturated rings. The highest BCUT2D eigenvalue weighted by molar-refractivity contribution is 7.09. The number of nitrogens with zero attached hydrogens (tertiary/aromatic N) is 2. The minimum absolute atomic E-state index is 0.0674. The van der Waals surface area contributed by atoms with Gasteiger partial charge >= 0.3 is 0 Å². The van der Waals surface area contributed by atoms with Gasteiger partial charge in [0.2, 0.25) is 5.91 Å². The summed E-state index contributed by atoms with van der Waals surface area (Å²) >= 11 is 0.704. The Morgan fingerprint density at radius 2 is 1.81 bits per heavy atom. The summed E-state index contributed by atoms with van der Waals surface area (Å²) < 4.78 is 23.5. The number of hydrogen-bond donors (Lipinski definition) is 3. The van der Waals surface area contributed by atoms with Crippen LogP contribution in [0.25, 0.3) is 0 Å². The Morgan fingerprint density at radius 3 is 2.41 bits per heavy atom. The Morgan fingerprint density at radius 1 is 1.14 bits per heavy atom. The zero-order chi connectivity index (χ0) is 27.1. The van der Waals surface area contributed by atoms with Gasteiger partial charge in [0.15, 0.2) is 5.69 Å². The second kappa shape index (κ2) is 12.3. The van der Waals surface area contributed by atoms with E-state index < -0.39 is 29.6 Å². The van der Waals surface area contributed by atoms with E-state index in [0.717, 1.165) is 6.42 Å². The number of rotatable bonds is 11. The van der Waals surface area contributed by atoms with Crippen molar-refractivity contribution >= 4 is 40.6 Å². The van der Waals surface area contributed by atoms with E-state index in [1.165, 1.54) is 29.2 Å². The molecule has 11 heteroatoms. The smallest absolute Gasteiger partial charge is 0.273 e. The quantitative estimate of drug-likeness (QED) is 0.345. The molecule has 0 aliphatic heterocycles. The van der Waals surface area contributed by atoms with Crippen LogP contribution in [-0.2, 0) is 4.79 Å². The number of nitrogens with two attached hydrogens (primary N) is 2. The monoisotopic (exact) mass is 527 g/mol. The number of nitrogen functional groups attached to an aromatic ring is 1. The normalized spacial score (nSPS) is 11.7. The number of hydrogen-bond acceptors (Lipinski definition) is 7. The lowest BCUT2D eigenvalue weighted by atomic mass is 10.0. The number of anilines is 2. The molecule has 0 spiro atoms. The van der Waals surface area contributed by atoms with Crippen LogP contribution in [0.15, 0.2) is 48.5 Å². The third-order valence-corrected chi connectivity index (χ3v) is 6.36. The average Bonchev–Trinajstić information content (AvgIpc) is 3.25. The van der Waals surface area contributed by atoms with Crippen molar-refractivity contribution in [1.82, 2.24) is 9.69 Å². The molecule has 9 nitrogen and oxygen atoms in total. The number of para-hydroxylation sites is 2. The maximum Gasteiger partial charge on any atom is 0.273 e. The van der Waals surface area contributed by atoms with E-state index >= 15 is 0 Å². The van der Waals surface area contributed by atoms with Gasteiger partial charge in [0, 0.05) is 6.54 Å². The summed E-state index contributed by atoms with van der Waals surface area (Å²) in [4.78, 5) is 40.7. The van der Waals surface area contributed by atoms with Crippen LogP contribution in [0.5, 0.6) is 5.75 Å². The van der Waals surface area contributed by atoms with Crippen LogP contribution in [-0.4, -0.2) is 35.2 Å². The number of halogens is 1. The van der Waals surface area contributed by atoms with Gasteiger partial charge in [-0.2, -0.15) is 4.37 Å². The Kier molecular flexibility index (Phi) is 9.18. The first-order valence-electron chi connectivity index (χ1n) is 11.8.